The molecule has 2 N–H and O–H groups in total. The molecule has 0 unspecified atom stereocenters. The lowest BCUT2D eigenvalue weighted by Gasteiger charge is -2.16. The number of rotatable bonds is 7. The average molecular weight is 322 g/mol. The molecular formula is C16H22N2O3S. The van der Waals surface area contributed by atoms with Gasteiger partial charge in [0.25, 0.3) is 0 Å². The number of hydrogen-bond donors (Lipinski definition) is 2. The van der Waals surface area contributed by atoms with Gasteiger partial charge in [-0.05, 0) is 42.5 Å². The van der Waals surface area contributed by atoms with Crippen LogP contribution in [0.5, 0.6) is 0 Å². The Morgan fingerprint density at radius 2 is 2.14 bits per heavy atom. The van der Waals surface area contributed by atoms with E-state index < -0.39 is 6.10 Å². The number of nitrogens with zero attached hydrogens (tertiary/aromatic N) is 1. The minimum Gasteiger partial charge on any atom is -0.383 e. The van der Waals surface area contributed by atoms with Crippen LogP contribution in [0.25, 0.3) is 0 Å². The largest absolute Gasteiger partial charge is 0.383 e. The molecular weight excluding hydrogens is 300 g/mol. The number of amides is 2. The number of benzene rings is 1. The van der Waals surface area contributed by atoms with Gasteiger partial charge in [-0.25, -0.2) is 0 Å². The van der Waals surface area contributed by atoms with Crippen LogP contribution in [0.1, 0.15) is 24.8 Å². The molecule has 1 atom stereocenters. The van der Waals surface area contributed by atoms with Gasteiger partial charge in [-0.2, -0.15) is 11.8 Å². The maximum Gasteiger partial charge on any atom is 0.249 e. The van der Waals surface area contributed by atoms with E-state index in [0.717, 1.165) is 30.0 Å². The van der Waals surface area contributed by atoms with Gasteiger partial charge in [0.15, 0.2) is 0 Å². The summed E-state index contributed by atoms with van der Waals surface area (Å²) in [4.78, 5) is 25.2. The summed E-state index contributed by atoms with van der Waals surface area (Å²) in [6.45, 7) is 1.15. The van der Waals surface area contributed by atoms with Crippen LogP contribution in [0, 0.1) is 0 Å². The second-order valence-electron chi connectivity index (χ2n) is 5.33. The predicted molar refractivity (Wildman–Crippen MR) is 88.9 cm³/mol. The van der Waals surface area contributed by atoms with E-state index in [4.69, 9.17) is 0 Å². The Hall–Kier alpha value is -1.53. The number of thioether (sulfide) groups is 1. The Balaban J connectivity index is 1.84. The standard InChI is InChI=1S/C16H22N2O3S/c1-22-10-8-14(19)16(21)17-11-12-4-6-13(7-5-12)18-9-2-3-15(18)20/h4-7,14,19H,2-3,8-11H2,1H3,(H,17,21)/t14-/m0/s1. The maximum atomic E-state index is 11.7. The zero-order chi connectivity index (χ0) is 15.9. The topological polar surface area (TPSA) is 69.6 Å². The van der Waals surface area contributed by atoms with E-state index in [1.165, 1.54) is 0 Å². The molecule has 1 aromatic rings. The number of nitrogens with one attached hydrogen (secondary N) is 1. The highest BCUT2D eigenvalue weighted by Crippen LogP contribution is 2.21. The summed E-state index contributed by atoms with van der Waals surface area (Å²) in [5, 5.41) is 12.4. The molecule has 0 aliphatic carbocycles. The number of hydrogen-bond acceptors (Lipinski definition) is 4. The van der Waals surface area contributed by atoms with Gasteiger partial charge in [0.2, 0.25) is 11.8 Å². The molecule has 1 aliphatic heterocycles. The lowest BCUT2D eigenvalue weighted by atomic mass is 10.2. The number of aliphatic hydroxyl groups excluding tert-OH is 1. The molecule has 2 rings (SSSR count). The SMILES string of the molecule is CSCC[C@H](O)C(=O)NCc1ccc(N2CCCC2=O)cc1. The minimum absolute atomic E-state index is 0.165. The first kappa shape index (κ1) is 16.8. The average Bonchev–Trinajstić information content (AvgIpc) is 2.96. The van der Waals surface area contributed by atoms with Crippen LogP contribution < -0.4 is 10.2 Å². The van der Waals surface area contributed by atoms with Crippen molar-refractivity contribution in [2.45, 2.75) is 31.9 Å². The van der Waals surface area contributed by atoms with Crippen LogP contribution in [-0.2, 0) is 16.1 Å². The van der Waals surface area contributed by atoms with E-state index >= 15 is 0 Å². The van der Waals surface area contributed by atoms with E-state index in [1.54, 1.807) is 16.7 Å². The second kappa shape index (κ2) is 8.19. The van der Waals surface area contributed by atoms with Gasteiger partial charge < -0.3 is 15.3 Å². The van der Waals surface area contributed by atoms with Gasteiger partial charge in [0.05, 0.1) is 0 Å². The van der Waals surface area contributed by atoms with Crippen molar-refractivity contribution in [3.63, 3.8) is 0 Å². The lowest BCUT2D eigenvalue weighted by Crippen LogP contribution is -2.34. The van der Waals surface area contributed by atoms with Gasteiger partial charge in [-0.3, -0.25) is 9.59 Å². The van der Waals surface area contributed by atoms with Gasteiger partial charge >= 0.3 is 0 Å². The fraction of sp³-hybridized carbons (Fsp3) is 0.500. The molecule has 22 heavy (non-hydrogen) atoms. The molecule has 0 radical (unpaired) electrons. The Labute approximate surface area is 135 Å². The van der Waals surface area contributed by atoms with E-state index in [2.05, 4.69) is 5.32 Å². The van der Waals surface area contributed by atoms with Crippen LogP contribution in [0.4, 0.5) is 5.69 Å². The van der Waals surface area contributed by atoms with Crippen molar-refractivity contribution in [1.82, 2.24) is 5.32 Å². The Morgan fingerprint density at radius 3 is 2.73 bits per heavy atom. The molecule has 0 saturated carbocycles. The van der Waals surface area contributed by atoms with Gasteiger partial charge in [-0.15, -0.1) is 0 Å². The van der Waals surface area contributed by atoms with Crippen LogP contribution in [-0.4, -0.2) is 41.6 Å². The Morgan fingerprint density at radius 1 is 1.41 bits per heavy atom. The van der Waals surface area contributed by atoms with Crippen LogP contribution in [0.2, 0.25) is 0 Å². The van der Waals surface area contributed by atoms with E-state index in [1.807, 2.05) is 30.5 Å². The first-order valence-corrected chi connectivity index (χ1v) is 8.85. The van der Waals surface area contributed by atoms with Crippen molar-refractivity contribution in [3.05, 3.63) is 29.8 Å². The molecule has 120 valence electrons. The second-order valence-corrected chi connectivity index (χ2v) is 6.32. The molecule has 2 amide bonds. The molecule has 6 heteroatoms. The third-order valence-electron chi connectivity index (χ3n) is 3.69. The summed E-state index contributed by atoms with van der Waals surface area (Å²) in [5.74, 6) is 0.582. The third-order valence-corrected chi connectivity index (χ3v) is 4.33. The van der Waals surface area contributed by atoms with E-state index in [-0.39, 0.29) is 11.8 Å². The highest BCUT2D eigenvalue weighted by molar-refractivity contribution is 7.98. The lowest BCUT2D eigenvalue weighted by molar-refractivity contribution is -0.129. The zero-order valence-electron chi connectivity index (χ0n) is 12.7. The van der Waals surface area contributed by atoms with Crippen LogP contribution in [0.15, 0.2) is 24.3 Å². The van der Waals surface area contributed by atoms with Gasteiger partial charge in [-0.1, -0.05) is 12.1 Å². The summed E-state index contributed by atoms with van der Waals surface area (Å²) < 4.78 is 0. The van der Waals surface area contributed by atoms with Crippen molar-refractivity contribution < 1.29 is 14.7 Å². The molecule has 0 bridgehead atoms. The predicted octanol–water partition coefficient (Wildman–Crippen LogP) is 1.54. The van der Waals surface area contributed by atoms with Crippen molar-refractivity contribution in [1.29, 1.82) is 0 Å². The molecule has 0 aromatic heterocycles. The number of carbonyl (C=O) groups is 2. The van der Waals surface area contributed by atoms with Gasteiger partial charge in [0.1, 0.15) is 6.10 Å². The maximum absolute atomic E-state index is 11.7. The van der Waals surface area contributed by atoms with E-state index in [0.29, 0.717) is 19.4 Å². The molecule has 1 fully saturated rings. The van der Waals surface area contributed by atoms with Crippen molar-refractivity contribution in [2.75, 3.05) is 23.5 Å². The normalized spacial score (nSPS) is 15.9. The monoisotopic (exact) mass is 322 g/mol. The minimum atomic E-state index is -0.950. The number of aliphatic hydroxyl groups is 1. The first-order valence-electron chi connectivity index (χ1n) is 7.46. The van der Waals surface area contributed by atoms with Gasteiger partial charge in [0, 0.05) is 25.2 Å². The third kappa shape index (κ3) is 4.48. The quantitative estimate of drug-likeness (QED) is 0.799. The molecule has 5 nitrogen and oxygen atoms in total. The number of anilines is 1. The first-order chi connectivity index (χ1) is 10.6. The summed E-state index contributed by atoms with van der Waals surface area (Å²) >= 11 is 1.60. The summed E-state index contributed by atoms with van der Waals surface area (Å²) in [6.07, 6.45) is 2.98. The van der Waals surface area contributed by atoms with Crippen LogP contribution >= 0.6 is 11.8 Å². The fourth-order valence-corrected chi connectivity index (χ4v) is 2.84. The zero-order valence-corrected chi connectivity index (χ0v) is 13.6. The Kier molecular flexibility index (Phi) is 6.27. The summed E-state index contributed by atoms with van der Waals surface area (Å²) in [6, 6.07) is 7.59. The highest BCUT2D eigenvalue weighted by atomic mass is 32.2. The number of carbonyl (C=O) groups excluding carboxylic acids is 2. The van der Waals surface area contributed by atoms with Crippen LogP contribution in [0.3, 0.4) is 0 Å². The Bertz CT molecular complexity index is 519. The molecule has 1 heterocycles. The fourth-order valence-electron chi connectivity index (χ4n) is 2.38. The van der Waals surface area contributed by atoms with Crippen molar-refractivity contribution >= 4 is 29.3 Å². The van der Waals surface area contributed by atoms with Crippen molar-refractivity contribution in [3.8, 4) is 0 Å². The smallest absolute Gasteiger partial charge is 0.249 e. The highest BCUT2D eigenvalue weighted by Gasteiger charge is 2.21. The molecule has 0 spiro atoms. The summed E-state index contributed by atoms with van der Waals surface area (Å²) in [5.41, 5.74) is 1.85. The molecule has 1 aliphatic rings. The van der Waals surface area contributed by atoms with Crippen molar-refractivity contribution in [2.24, 2.45) is 0 Å². The molecule has 1 saturated heterocycles. The molecule has 1 aromatic carbocycles. The van der Waals surface area contributed by atoms with E-state index in [9.17, 15) is 14.7 Å². The summed E-state index contributed by atoms with van der Waals surface area (Å²) in [7, 11) is 0.